The molecule has 0 aliphatic carbocycles. The fourth-order valence-corrected chi connectivity index (χ4v) is 7.38. The maximum Gasteiger partial charge on any atom is 0.338 e. The number of unbranched alkanes of at least 4 members (excludes halogenated alkanes) is 13. The summed E-state index contributed by atoms with van der Waals surface area (Å²) in [5.74, 6) is 2.01. The van der Waals surface area contributed by atoms with Crippen LogP contribution in [0.5, 0.6) is 0 Å². The third kappa shape index (κ3) is 21.0. The first-order valence-electron chi connectivity index (χ1n) is 15.7. The van der Waals surface area contributed by atoms with Crippen molar-refractivity contribution in [2.24, 2.45) is 5.92 Å². The van der Waals surface area contributed by atoms with Crippen molar-refractivity contribution in [2.75, 3.05) is 29.7 Å². The van der Waals surface area contributed by atoms with Crippen LogP contribution in [-0.2, 0) is 14.8 Å². The number of hydrogen-bond acceptors (Lipinski definition) is 5. The van der Waals surface area contributed by atoms with E-state index in [1.807, 2.05) is 36.9 Å². The van der Waals surface area contributed by atoms with Gasteiger partial charge in [0, 0.05) is 12.4 Å². The molecule has 0 saturated heterocycles. The fourth-order valence-electron chi connectivity index (χ4n) is 4.76. The van der Waals surface area contributed by atoms with Crippen molar-refractivity contribution in [1.29, 1.82) is 0 Å². The van der Waals surface area contributed by atoms with Crippen LogP contribution in [0, 0.1) is 5.92 Å². The van der Waals surface area contributed by atoms with E-state index >= 15 is 0 Å². The van der Waals surface area contributed by atoms with Crippen LogP contribution in [0.3, 0.4) is 0 Å². The third-order valence-corrected chi connectivity index (χ3v) is 10.1. The Morgan fingerprint density at radius 2 is 1.43 bits per heavy atom. The van der Waals surface area contributed by atoms with E-state index in [2.05, 4.69) is 11.6 Å². The van der Waals surface area contributed by atoms with Crippen molar-refractivity contribution in [3.05, 3.63) is 35.9 Å². The van der Waals surface area contributed by atoms with Crippen LogP contribution in [0.2, 0.25) is 0 Å². The maximum atomic E-state index is 12.4. The number of ether oxygens (including phenoxy) is 1. The van der Waals surface area contributed by atoms with Gasteiger partial charge in [-0.15, -0.1) is 11.6 Å². The summed E-state index contributed by atoms with van der Waals surface area (Å²) in [4.78, 5) is 12.4. The van der Waals surface area contributed by atoms with E-state index in [1.54, 1.807) is 12.1 Å². The van der Waals surface area contributed by atoms with Gasteiger partial charge in [-0.2, -0.15) is 11.8 Å². The lowest BCUT2D eigenvalue weighted by atomic mass is 10.0. The maximum absolute atomic E-state index is 12.4. The van der Waals surface area contributed by atoms with E-state index in [0.717, 1.165) is 11.5 Å². The van der Waals surface area contributed by atoms with Crippen molar-refractivity contribution in [3.8, 4) is 0 Å². The molecule has 0 radical (unpaired) electrons. The fraction of sp³-hybridized carbons (Fsp3) is 0.781. The molecule has 232 valence electrons. The van der Waals surface area contributed by atoms with Crippen LogP contribution < -0.4 is 4.72 Å². The molecule has 5 nitrogen and oxygen atoms in total. The molecular formula is C32H56ClNO4S2. The number of sulfonamides is 1. The van der Waals surface area contributed by atoms with Crippen molar-refractivity contribution in [1.82, 2.24) is 4.72 Å². The van der Waals surface area contributed by atoms with Crippen LogP contribution in [0.1, 0.15) is 127 Å². The lowest BCUT2D eigenvalue weighted by Crippen LogP contribution is -2.34. The number of alkyl halides is 1. The molecule has 0 fully saturated rings. The topological polar surface area (TPSA) is 72.5 Å². The SMILES string of the molecule is CCCCCCCCCCCCCCCCSCC(CNS(=O)(=O)CCCCl)CC(C)OC(=O)c1ccccc1. The Hall–Kier alpha value is -0.760. The minimum Gasteiger partial charge on any atom is -0.459 e. The Bertz CT molecular complexity index is 839. The number of benzene rings is 1. The van der Waals surface area contributed by atoms with Crippen LogP contribution in [0.25, 0.3) is 0 Å². The van der Waals surface area contributed by atoms with Crippen LogP contribution in [0.15, 0.2) is 30.3 Å². The molecule has 8 heteroatoms. The second kappa shape index (κ2) is 24.8. The molecule has 0 spiro atoms. The molecule has 2 atom stereocenters. The summed E-state index contributed by atoms with van der Waals surface area (Å²) < 4.78 is 33.0. The molecule has 1 N–H and O–H groups in total. The zero-order chi connectivity index (χ0) is 29.3. The van der Waals surface area contributed by atoms with Crippen molar-refractivity contribution in [3.63, 3.8) is 0 Å². The lowest BCUT2D eigenvalue weighted by Gasteiger charge is -2.22. The molecule has 0 heterocycles. The molecule has 1 rings (SSSR count). The van der Waals surface area contributed by atoms with Gasteiger partial charge >= 0.3 is 5.97 Å². The van der Waals surface area contributed by atoms with Crippen molar-refractivity contribution < 1.29 is 17.9 Å². The van der Waals surface area contributed by atoms with Gasteiger partial charge in [0.25, 0.3) is 0 Å². The highest BCUT2D eigenvalue weighted by molar-refractivity contribution is 7.99. The number of nitrogens with one attached hydrogen (secondary N) is 1. The van der Waals surface area contributed by atoms with Crippen molar-refractivity contribution in [2.45, 2.75) is 123 Å². The van der Waals surface area contributed by atoms with Gasteiger partial charge in [0.2, 0.25) is 10.0 Å². The Morgan fingerprint density at radius 3 is 1.98 bits per heavy atom. The van der Waals surface area contributed by atoms with Gasteiger partial charge in [-0.25, -0.2) is 17.9 Å². The zero-order valence-electron chi connectivity index (χ0n) is 25.2. The van der Waals surface area contributed by atoms with E-state index in [0.29, 0.717) is 30.8 Å². The van der Waals surface area contributed by atoms with E-state index in [-0.39, 0.29) is 23.7 Å². The molecule has 0 bridgehead atoms. The molecule has 0 aliphatic heterocycles. The summed E-state index contributed by atoms with van der Waals surface area (Å²) in [7, 11) is -3.35. The smallest absolute Gasteiger partial charge is 0.338 e. The lowest BCUT2D eigenvalue weighted by molar-refractivity contribution is 0.0297. The second-order valence-corrected chi connectivity index (χ2v) is 14.5. The molecule has 0 amide bonds. The average Bonchev–Trinajstić information content (AvgIpc) is 2.95. The van der Waals surface area contributed by atoms with Crippen LogP contribution in [-0.4, -0.2) is 50.2 Å². The molecule has 0 aliphatic rings. The first kappa shape index (κ1) is 37.3. The van der Waals surface area contributed by atoms with Gasteiger partial charge in [0.15, 0.2) is 0 Å². The number of halogens is 1. The van der Waals surface area contributed by atoms with E-state index in [9.17, 15) is 13.2 Å². The Balaban J connectivity index is 2.26. The summed E-state index contributed by atoms with van der Waals surface area (Å²) in [6.45, 7) is 4.51. The molecule has 1 aromatic rings. The number of carbonyl (C=O) groups excluding carboxylic acids is 1. The third-order valence-electron chi connectivity index (χ3n) is 7.12. The summed E-state index contributed by atoms with van der Waals surface area (Å²) in [6.07, 6.45) is 19.7. The van der Waals surface area contributed by atoms with Gasteiger partial charge in [0.05, 0.1) is 17.4 Å². The minimum atomic E-state index is -3.35. The summed E-state index contributed by atoms with van der Waals surface area (Å²) in [6, 6.07) is 8.97. The highest BCUT2D eigenvalue weighted by atomic mass is 35.5. The van der Waals surface area contributed by atoms with Gasteiger partial charge < -0.3 is 4.74 Å². The largest absolute Gasteiger partial charge is 0.459 e. The highest BCUT2D eigenvalue weighted by Gasteiger charge is 2.20. The predicted octanol–water partition coefficient (Wildman–Crippen LogP) is 9.00. The monoisotopic (exact) mass is 617 g/mol. The number of esters is 1. The molecule has 2 unspecified atom stereocenters. The van der Waals surface area contributed by atoms with Gasteiger partial charge in [-0.05, 0) is 55.7 Å². The molecule has 1 aromatic carbocycles. The van der Waals surface area contributed by atoms with Gasteiger partial charge in [0.1, 0.15) is 0 Å². The number of carbonyl (C=O) groups is 1. The summed E-state index contributed by atoms with van der Waals surface area (Å²) in [5.41, 5.74) is 0.528. The second-order valence-electron chi connectivity index (χ2n) is 11.1. The zero-order valence-corrected chi connectivity index (χ0v) is 27.6. The summed E-state index contributed by atoms with van der Waals surface area (Å²) >= 11 is 7.55. The molecular weight excluding hydrogens is 562 g/mol. The first-order valence-corrected chi connectivity index (χ1v) is 19.1. The standard InChI is InChI=1S/C32H56ClNO4S2/c1-3-4-5-6-7-8-9-10-11-12-13-14-15-19-24-39-28-30(27-34-40(36,37)25-20-23-33)26-29(2)38-32(35)31-21-17-16-18-22-31/h16-18,21-22,29-30,34H,3-15,19-20,23-28H2,1-2H3. The minimum absolute atomic E-state index is 0.0357. The van der Waals surface area contributed by atoms with Crippen LogP contribution in [0.4, 0.5) is 0 Å². The quantitative estimate of drug-likeness (QED) is 0.0606. The highest BCUT2D eigenvalue weighted by Crippen LogP contribution is 2.19. The Labute approximate surface area is 255 Å². The predicted molar refractivity (Wildman–Crippen MR) is 174 cm³/mol. The van der Waals surface area contributed by atoms with Gasteiger partial charge in [-0.1, -0.05) is 109 Å². The van der Waals surface area contributed by atoms with E-state index in [1.165, 1.54) is 89.9 Å². The Morgan fingerprint density at radius 1 is 0.875 bits per heavy atom. The van der Waals surface area contributed by atoms with E-state index in [4.69, 9.17) is 16.3 Å². The molecule has 0 aromatic heterocycles. The Kier molecular flexibility index (Phi) is 23.1. The van der Waals surface area contributed by atoms with Crippen molar-refractivity contribution >= 4 is 39.4 Å². The number of hydrogen-bond donors (Lipinski definition) is 1. The molecule has 40 heavy (non-hydrogen) atoms. The van der Waals surface area contributed by atoms with E-state index < -0.39 is 10.0 Å². The normalized spacial score (nSPS) is 13.3. The van der Waals surface area contributed by atoms with Crippen LogP contribution >= 0.6 is 23.4 Å². The summed E-state index contributed by atoms with van der Waals surface area (Å²) in [5, 5.41) is 0. The first-order chi connectivity index (χ1) is 19.4. The number of rotatable bonds is 27. The molecule has 0 saturated carbocycles. The number of thioether (sulfide) groups is 1. The average molecular weight is 618 g/mol. The van der Waals surface area contributed by atoms with Gasteiger partial charge in [-0.3, -0.25) is 0 Å².